The van der Waals surface area contributed by atoms with Gasteiger partial charge in [-0.15, -0.1) is 0 Å². The van der Waals surface area contributed by atoms with Gasteiger partial charge in [0, 0.05) is 17.5 Å². The third-order valence-corrected chi connectivity index (χ3v) is 4.05. The summed E-state index contributed by atoms with van der Waals surface area (Å²) in [7, 11) is 0. The van der Waals surface area contributed by atoms with Crippen LogP contribution in [0.15, 0.2) is 66.7 Å². The second kappa shape index (κ2) is 7.62. The number of carbonyl (C=O) groups is 2. The van der Waals surface area contributed by atoms with E-state index in [2.05, 4.69) is 0 Å². The number of likely N-dealkylation sites (N-methyl/N-ethyl adjacent to an activating group) is 1. The van der Waals surface area contributed by atoms with E-state index >= 15 is 0 Å². The largest absolute Gasteiger partial charge is 0.484 e. The average molecular weight is 333 g/mol. The first-order valence-corrected chi connectivity index (χ1v) is 8.19. The molecule has 3 aromatic rings. The molecular weight excluding hydrogens is 314 g/mol. The molecule has 0 atom stereocenters. The highest BCUT2D eigenvalue weighted by atomic mass is 16.5. The van der Waals surface area contributed by atoms with E-state index in [9.17, 15) is 9.59 Å². The molecule has 0 radical (unpaired) electrons. The summed E-state index contributed by atoms with van der Waals surface area (Å²) in [5, 5.41) is 2.13. The quantitative estimate of drug-likeness (QED) is 0.639. The summed E-state index contributed by atoms with van der Waals surface area (Å²) in [5.74, 6) is 0.450. The Morgan fingerprint density at radius 2 is 1.72 bits per heavy atom. The van der Waals surface area contributed by atoms with Crippen LogP contribution in [0.25, 0.3) is 10.8 Å². The monoisotopic (exact) mass is 333 g/mol. The lowest BCUT2D eigenvalue weighted by atomic mass is 10.1. The first-order chi connectivity index (χ1) is 12.2. The molecule has 0 fully saturated rings. The molecule has 0 bridgehead atoms. The molecule has 0 saturated heterocycles. The number of nitrogens with zero attached hydrogens (tertiary/aromatic N) is 1. The lowest BCUT2D eigenvalue weighted by Gasteiger charge is -2.23. The van der Waals surface area contributed by atoms with Gasteiger partial charge in [-0.2, -0.15) is 0 Å². The smallest absolute Gasteiger partial charge is 0.264 e. The van der Waals surface area contributed by atoms with E-state index in [-0.39, 0.29) is 12.5 Å². The number of amides is 1. The fraction of sp³-hybridized carbons (Fsp3) is 0.143. The van der Waals surface area contributed by atoms with Gasteiger partial charge in [-0.1, -0.05) is 36.4 Å². The maximum Gasteiger partial charge on any atom is 0.264 e. The van der Waals surface area contributed by atoms with Gasteiger partial charge < -0.3 is 9.64 Å². The number of aldehydes is 1. The molecule has 4 heteroatoms. The Kier molecular flexibility index (Phi) is 5.09. The molecular formula is C21H19NO3. The lowest BCUT2D eigenvalue weighted by molar-refractivity contribution is -0.120. The molecule has 3 aromatic carbocycles. The number of carbonyl (C=O) groups excluding carboxylic acids is 2. The van der Waals surface area contributed by atoms with Crippen molar-refractivity contribution in [2.45, 2.75) is 6.92 Å². The van der Waals surface area contributed by atoms with Crippen LogP contribution in [0.4, 0.5) is 5.69 Å². The predicted molar refractivity (Wildman–Crippen MR) is 99.3 cm³/mol. The number of anilines is 1. The highest BCUT2D eigenvalue weighted by molar-refractivity contribution is 6.04. The second-order valence-electron chi connectivity index (χ2n) is 5.61. The van der Waals surface area contributed by atoms with Crippen molar-refractivity contribution in [2.24, 2.45) is 0 Å². The van der Waals surface area contributed by atoms with Crippen molar-refractivity contribution < 1.29 is 14.3 Å². The van der Waals surface area contributed by atoms with Crippen molar-refractivity contribution in [3.63, 3.8) is 0 Å². The van der Waals surface area contributed by atoms with Gasteiger partial charge in [0.1, 0.15) is 12.0 Å². The van der Waals surface area contributed by atoms with E-state index in [1.54, 1.807) is 29.2 Å². The summed E-state index contributed by atoms with van der Waals surface area (Å²) in [4.78, 5) is 25.1. The number of hydrogen-bond acceptors (Lipinski definition) is 3. The van der Waals surface area contributed by atoms with Crippen LogP contribution in [0.3, 0.4) is 0 Å². The van der Waals surface area contributed by atoms with Crippen LogP contribution < -0.4 is 9.64 Å². The van der Waals surface area contributed by atoms with Gasteiger partial charge in [-0.25, -0.2) is 0 Å². The molecule has 0 aliphatic heterocycles. The third kappa shape index (κ3) is 3.69. The van der Waals surface area contributed by atoms with Crippen molar-refractivity contribution >= 4 is 28.7 Å². The van der Waals surface area contributed by atoms with E-state index in [0.29, 0.717) is 17.9 Å². The molecule has 1 amide bonds. The van der Waals surface area contributed by atoms with Gasteiger partial charge in [0.05, 0.1) is 5.69 Å². The van der Waals surface area contributed by atoms with Crippen molar-refractivity contribution in [2.75, 3.05) is 18.1 Å². The van der Waals surface area contributed by atoms with Crippen molar-refractivity contribution in [3.8, 4) is 5.75 Å². The molecule has 4 nitrogen and oxygen atoms in total. The lowest BCUT2D eigenvalue weighted by Crippen LogP contribution is -2.34. The summed E-state index contributed by atoms with van der Waals surface area (Å²) in [6.07, 6.45) is 0.772. The Bertz CT molecular complexity index is 882. The van der Waals surface area contributed by atoms with Gasteiger partial charge in [0.25, 0.3) is 5.91 Å². The van der Waals surface area contributed by atoms with Crippen molar-refractivity contribution in [3.05, 3.63) is 72.3 Å². The Balaban J connectivity index is 1.77. The Labute approximate surface area is 146 Å². The highest BCUT2D eigenvalue weighted by Crippen LogP contribution is 2.26. The van der Waals surface area contributed by atoms with E-state index in [1.165, 1.54) is 0 Å². The van der Waals surface area contributed by atoms with Crippen LogP contribution in [-0.4, -0.2) is 25.3 Å². The summed E-state index contributed by atoms with van der Waals surface area (Å²) in [6.45, 7) is 2.44. The number of rotatable bonds is 6. The highest BCUT2D eigenvalue weighted by Gasteiger charge is 2.16. The van der Waals surface area contributed by atoms with E-state index < -0.39 is 0 Å². The van der Waals surface area contributed by atoms with E-state index in [1.807, 2.05) is 49.4 Å². The Hall–Kier alpha value is -3.14. The van der Waals surface area contributed by atoms with Gasteiger partial charge in [0.2, 0.25) is 0 Å². The fourth-order valence-electron chi connectivity index (χ4n) is 2.79. The molecule has 0 heterocycles. The molecule has 0 unspecified atom stereocenters. The summed E-state index contributed by atoms with van der Waals surface area (Å²) in [6, 6.07) is 20.6. The van der Waals surface area contributed by atoms with Gasteiger partial charge in [-0.3, -0.25) is 9.59 Å². The Morgan fingerprint density at radius 3 is 2.44 bits per heavy atom. The third-order valence-electron chi connectivity index (χ3n) is 4.05. The van der Waals surface area contributed by atoms with Gasteiger partial charge in [0.15, 0.2) is 6.61 Å². The van der Waals surface area contributed by atoms with Crippen molar-refractivity contribution in [1.29, 1.82) is 0 Å². The number of ether oxygens (including phenoxy) is 1. The van der Waals surface area contributed by atoms with Crippen LogP contribution in [0.5, 0.6) is 5.75 Å². The van der Waals surface area contributed by atoms with Gasteiger partial charge >= 0.3 is 0 Å². The van der Waals surface area contributed by atoms with E-state index in [4.69, 9.17) is 4.74 Å². The minimum Gasteiger partial charge on any atom is -0.484 e. The Morgan fingerprint density at radius 1 is 1.00 bits per heavy atom. The summed E-state index contributed by atoms with van der Waals surface area (Å²) < 4.78 is 5.58. The van der Waals surface area contributed by atoms with Crippen LogP contribution in [0.2, 0.25) is 0 Å². The first-order valence-electron chi connectivity index (χ1n) is 8.19. The second-order valence-corrected chi connectivity index (χ2v) is 5.61. The maximum absolute atomic E-state index is 12.7. The fourth-order valence-corrected chi connectivity index (χ4v) is 2.79. The molecule has 0 spiro atoms. The van der Waals surface area contributed by atoms with Gasteiger partial charge in [-0.05, 0) is 42.6 Å². The first kappa shape index (κ1) is 16.7. The van der Waals surface area contributed by atoms with E-state index in [0.717, 1.165) is 22.7 Å². The minimum absolute atomic E-state index is 0.0580. The molecule has 0 aliphatic carbocycles. The average Bonchev–Trinajstić information content (AvgIpc) is 2.67. The number of fused-ring (bicyclic) bond motifs is 1. The molecule has 0 saturated carbocycles. The zero-order chi connectivity index (χ0) is 17.6. The number of hydrogen-bond donors (Lipinski definition) is 0. The maximum atomic E-state index is 12.7. The minimum atomic E-state index is -0.113. The topological polar surface area (TPSA) is 46.6 Å². The molecule has 0 N–H and O–H groups in total. The van der Waals surface area contributed by atoms with Crippen LogP contribution >= 0.6 is 0 Å². The molecule has 126 valence electrons. The predicted octanol–water partition coefficient (Wildman–Crippen LogP) is 4.08. The molecule has 0 aromatic heterocycles. The molecule has 3 rings (SSSR count). The normalized spacial score (nSPS) is 10.4. The van der Waals surface area contributed by atoms with Crippen LogP contribution in [0.1, 0.15) is 17.3 Å². The zero-order valence-electron chi connectivity index (χ0n) is 14.0. The summed E-state index contributed by atoms with van der Waals surface area (Å²) in [5.41, 5.74) is 1.45. The van der Waals surface area contributed by atoms with Crippen molar-refractivity contribution in [1.82, 2.24) is 0 Å². The standard InChI is InChI=1S/C21H19NO3/c1-2-22(20-9-5-7-17-6-3-4-8-19(17)20)21(24)15-25-18-12-10-16(14-23)11-13-18/h3-14H,2,15H2,1H3. The SMILES string of the molecule is CCN(C(=O)COc1ccc(C=O)cc1)c1cccc2ccccc12. The number of benzene rings is 3. The zero-order valence-corrected chi connectivity index (χ0v) is 14.0. The van der Waals surface area contributed by atoms with Crippen LogP contribution in [0, 0.1) is 0 Å². The van der Waals surface area contributed by atoms with Crippen LogP contribution in [-0.2, 0) is 4.79 Å². The molecule has 0 aliphatic rings. The summed E-state index contributed by atoms with van der Waals surface area (Å²) >= 11 is 0. The molecule has 25 heavy (non-hydrogen) atoms.